The molecule has 0 bridgehead atoms. The Kier molecular flexibility index (Phi) is 5.80. The van der Waals surface area contributed by atoms with Gasteiger partial charge >= 0.3 is 0 Å². The molecule has 0 radical (unpaired) electrons. The summed E-state index contributed by atoms with van der Waals surface area (Å²) in [7, 11) is 0. The first-order valence-corrected chi connectivity index (χ1v) is 10.2. The zero-order valence-electron chi connectivity index (χ0n) is 17.1. The summed E-state index contributed by atoms with van der Waals surface area (Å²) < 4.78 is 0. The van der Waals surface area contributed by atoms with Gasteiger partial charge < -0.3 is 10.2 Å². The fraction of sp³-hybridized carbons (Fsp3) is 0.160. The van der Waals surface area contributed by atoms with Crippen molar-refractivity contribution in [3.8, 4) is 0 Å². The van der Waals surface area contributed by atoms with Gasteiger partial charge in [-0.25, -0.2) is 0 Å². The molecular formula is C25H23N3O3. The number of nitro groups is 1. The van der Waals surface area contributed by atoms with Crippen molar-refractivity contribution in [2.45, 2.75) is 25.4 Å². The molecule has 1 amide bonds. The molecule has 3 aromatic carbocycles. The minimum atomic E-state index is -0.440. The predicted octanol–water partition coefficient (Wildman–Crippen LogP) is 5.59. The molecule has 6 nitrogen and oxygen atoms in total. The highest BCUT2D eigenvalue weighted by Crippen LogP contribution is 2.39. The first-order chi connectivity index (χ1) is 15.0. The number of nitro benzene ring substituents is 1. The molecule has 4 rings (SSSR count). The number of nitrogens with zero attached hydrogens (tertiary/aromatic N) is 2. The normalized spacial score (nSPS) is 17.9. The molecule has 0 saturated carbocycles. The van der Waals surface area contributed by atoms with Crippen molar-refractivity contribution >= 4 is 29.0 Å². The largest absolute Gasteiger partial charge is 0.378 e. The third kappa shape index (κ3) is 4.48. The lowest BCUT2D eigenvalue weighted by Crippen LogP contribution is -2.43. The monoisotopic (exact) mass is 413 g/mol. The summed E-state index contributed by atoms with van der Waals surface area (Å²) in [5.41, 5.74) is 3.79. The minimum Gasteiger partial charge on any atom is -0.378 e. The molecule has 1 aliphatic rings. The summed E-state index contributed by atoms with van der Waals surface area (Å²) in [4.78, 5) is 25.3. The molecule has 2 atom stereocenters. The Morgan fingerprint density at radius 1 is 1.03 bits per heavy atom. The molecule has 0 unspecified atom stereocenters. The summed E-state index contributed by atoms with van der Waals surface area (Å²) in [6, 6.07) is 24.3. The van der Waals surface area contributed by atoms with Gasteiger partial charge in [-0.05, 0) is 60.9 Å². The number of non-ortho nitro benzene ring substituents is 1. The number of carbonyl (C=O) groups is 1. The van der Waals surface area contributed by atoms with E-state index in [0.717, 1.165) is 28.9 Å². The molecule has 0 spiro atoms. The maximum absolute atomic E-state index is 13.1. The van der Waals surface area contributed by atoms with Crippen molar-refractivity contribution in [3.05, 3.63) is 106 Å². The standard InChI is InChI=1S/C25H23N3O3/c1-18-17-23(26-20-7-3-2-4-8-20)22-9-5-6-10-24(22)27(18)25(29)16-13-19-11-14-21(15-12-19)28(30)31/h2-16,18,23,26H,17H2,1H3/b16-13+/t18-,23+/m1/s1. The molecule has 0 aliphatic carbocycles. The minimum absolute atomic E-state index is 0.00474. The number of nitrogens with one attached hydrogen (secondary N) is 1. The van der Waals surface area contributed by atoms with Gasteiger partial charge in [0.05, 0.1) is 11.0 Å². The van der Waals surface area contributed by atoms with Crippen LogP contribution < -0.4 is 10.2 Å². The zero-order valence-corrected chi connectivity index (χ0v) is 17.1. The van der Waals surface area contributed by atoms with E-state index in [1.165, 1.54) is 18.2 Å². The van der Waals surface area contributed by atoms with Crippen molar-refractivity contribution in [2.75, 3.05) is 10.2 Å². The number of benzene rings is 3. The summed E-state index contributed by atoms with van der Waals surface area (Å²) in [5, 5.41) is 14.4. The van der Waals surface area contributed by atoms with E-state index in [-0.39, 0.29) is 23.7 Å². The molecule has 156 valence electrons. The number of carbonyl (C=O) groups excluding carboxylic acids is 1. The van der Waals surface area contributed by atoms with Crippen LogP contribution in [0.2, 0.25) is 0 Å². The summed E-state index contributed by atoms with van der Waals surface area (Å²) in [6.07, 6.45) is 4.00. The number of hydrogen-bond donors (Lipinski definition) is 1. The van der Waals surface area contributed by atoms with Crippen LogP contribution in [0.5, 0.6) is 0 Å². The van der Waals surface area contributed by atoms with Crippen LogP contribution in [0.15, 0.2) is 84.9 Å². The van der Waals surface area contributed by atoms with Crippen LogP contribution in [-0.2, 0) is 4.79 Å². The third-order valence-electron chi connectivity index (χ3n) is 5.46. The van der Waals surface area contributed by atoms with Crippen molar-refractivity contribution in [1.82, 2.24) is 0 Å². The maximum atomic E-state index is 13.1. The lowest BCUT2D eigenvalue weighted by Gasteiger charge is -2.39. The van der Waals surface area contributed by atoms with E-state index < -0.39 is 4.92 Å². The SMILES string of the molecule is C[C@@H]1C[C@H](Nc2ccccc2)c2ccccc2N1C(=O)/C=C/c1ccc([N+](=O)[O-])cc1. The topological polar surface area (TPSA) is 75.5 Å². The first kappa shape index (κ1) is 20.3. The molecular weight excluding hydrogens is 390 g/mol. The van der Waals surface area contributed by atoms with Crippen LogP contribution in [0.25, 0.3) is 6.08 Å². The summed E-state index contributed by atoms with van der Waals surface area (Å²) in [6.45, 7) is 2.05. The Bertz CT molecular complexity index is 1110. The van der Waals surface area contributed by atoms with Crippen LogP contribution in [0, 0.1) is 10.1 Å². The molecule has 6 heteroatoms. The molecule has 0 fully saturated rings. The zero-order chi connectivity index (χ0) is 21.8. The Morgan fingerprint density at radius 2 is 1.71 bits per heavy atom. The van der Waals surface area contributed by atoms with Gasteiger partial charge in [-0.2, -0.15) is 0 Å². The second-order valence-electron chi connectivity index (χ2n) is 7.60. The second kappa shape index (κ2) is 8.83. The van der Waals surface area contributed by atoms with Gasteiger partial charge in [0.15, 0.2) is 0 Å². The van der Waals surface area contributed by atoms with Gasteiger partial charge in [0.2, 0.25) is 0 Å². The number of rotatable bonds is 5. The number of amides is 1. The number of para-hydroxylation sites is 2. The molecule has 0 aromatic heterocycles. The molecule has 31 heavy (non-hydrogen) atoms. The van der Waals surface area contributed by atoms with E-state index in [1.807, 2.05) is 60.4 Å². The average molecular weight is 413 g/mol. The molecule has 0 saturated heterocycles. The number of anilines is 2. The van der Waals surface area contributed by atoms with Gasteiger partial charge in [-0.3, -0.25) is 14.9 Å². The van der Waals surface area contributed by atoms with Gasteiger partial charge in [-0.1, -0.05) is 36.4 Å². The Labute approximate surface area is 181 Å². The van der Waals surface area contributed by atoms with E-state index in [4.69, 9.17) is 0 Å². The van der Waals surface area contributed by atoms with Crippen molar-refractivity contribution in [3.63, 3.8) is 0 Å². The first-order valence-electron chi connectivity index (χ1n) is 10.2. The smallest absolute Gasteiger partial charge is 0.269 e. The number of hydrogen-bond acceptors (Lipinski definition) is 4. The fourth-order valence-corrected chi connectivity index (χ4v) is 3.98. The maximum Gasteiger partial charge on any atom is 0.269 e. The second-order valence-corrected chi connectivity index (χ2v) is 7.60. The average Bonchev–Trinajstić information content (AvgIpc) is 2.78. The highest BCUT2D eigenvalue weighted by Gasteiger charge is 2.32. The predicted molar refractivity (Wildman–Crippen MR) is 123 cm³/mol. The van der Waals surface area contributed by atoms with E-state index in [9.17, 15) is 14.9 Å². The lowest BCUT2D eigenvalue weighted by atomic mass is 9.91. The van der Waals surface area contributed by atoms with Crippen molar-refractivity contribution in [2.24, 2.45) is 0 Å². The van der Waals surface area contributed by atoms with E-state index in [1.54, 1.807) is 18.2 Å². The lowest BCUT2D eigenvalue weighted by molar-refractivity contribution is -0.384. The Balaban J connectivity index is 1.56. The van der Waals surface area contributed by atoms with Crippen LogP contribution in [0.3, 0.4) is 0 Å². The van der Waals surface area contributed by atoms with Crippen molar-refractivity contribution < 1.29 is 9.72 Å². The van der Waals surface area contributed by atoms with E-state index in [2.05, 4.69) is 11.4 Å². The molecule has 1 aliphatic heterocycles. The van der Waals surface area contributed by atoms with Crippen molar-refractivity contribution in [1.29, 1.82) is 0 Å². The van der Waals surface area contributed by atoms with E-state index >= 15 is 0 Å². The van der Waals surface area contributed by atoms with E-state index in [0.29, 0.717) is 0 Å². The fourth-order valence-electron chi connectivity index (χ4n) is 3.98. The van der Waals surface area contributed by atoms with Crippen LogP contribution in [0.4, 0.5) is 17.1 Å². The van der Waals surface area contributed by atoms with Gasteiger partial charge in [-0.15, -0.1) is 0 Å². The molecule has 1 heterocycles. The van der Waals surface area contributed by atoms with Crippen LogP contribution >= 0.6 is 0 Å². The van der Waals surface area contributed by atoms with Crippen LogP contribution in [0.1, 0.15) is 30.5 Å². The third-order valence-corrected chi connectivity index (χ3v) is 5.46. The van der Waals surface area contributed by atoms with Gasteiger partial charge in [0.1, 0.15) is 0 Å². The Morgan fingerprint density at radius 3 is 2.42 bits per heavy atom. The summed E-state index contributed by atoms with van der Waals surface area (Å²) >= 11 is 0. The van der Waals surface area contributed by atoms with Gasteiger partial charge in [0, 0.05) is 35.6 Å². The highest BCUT2D eigenvalue weighted by molar-refractivity contribution is 6.05. The molecule has 3 aromatic rings. The summed E-state index contributed by atoms with van der Waals surface area (Å²) in [5.74, 6) is -0.114. The highest BCUT2D eigenvalue weighted by atomic mass is 16.6. The molecule has 1 N–H and O–H groups in total. The quantitative estimate of drug-likeness (QED) is 0.336. The number of fused-ring (bicyclic) bond motifs is 1. The van der Waals surface area contributed by atoms with Crippen LogP contribution in [-0.4, -0.2) is 16.9 Å². The van der Waals surface area contributed by atoms with Gasteiger partial charge in [0.25, 0.3) is 11.6 Å². The Hall–Kier alpha value is -3.93.